The van der Waals surface area contributed by atoms with E-state index in [-0.39, 0.29) is 6.61 Å². The molecule has 1 aromatic carbocycles. The highest BCUT2D eigenvalue weighted by Gasteiger charge is 2.04. The number of rotatable bonds is 4. The maximum atomic E-state index is 11.7. The maximum Gasteiger partial charge on any atom is 0.345 e. The number of alkyl halides is 2. The summed E-state index contributed by atoms with van der Waals surface area (Å²) in [5.74, 6) is 0. The van der Waals surface area contributed by atoms with Crippen molar-refractivity contribution in [1.82, 2.24) is 0 Å². The third-order valence-electron chi connectivity index (χ3n) is 1.70. The predicted octanol–water partition coefficient (Wildman–Crippen LogP) is 2.59. The molecule has 0 atom stereocenters. The molecule has 0 spiro atoms. The molecule has 13 heavy (non-hydrogen) atoms. The van der Waals surface area contributed by atoms with E-state index in [2.05, 4.69) is 16.9 Å². The van der Waals surface area contributed by atoms with Gasteiger partial charge in [0.1, 0.15) is 0 Å². The van der Waals surface area contributed by atoms with Gasteiger partial charge in [0, 0.05) is 5.56 Å². The summed E-state index contributed by atoms with van der Waals surface area (Å²) < 4.78 is 27.6. The van der Waals surface area contributed by atoms with Crippen LogP contribution in [0.15, 0.2) is 12.1 Å². The molecule has 0 saturated heterocycles. The molecule has 0 fully saturated rings. The molecule has 0 N–H and O–H groups in total. The Morgan fingerprint density at radius 2 is 2.31 bits per heavy atom. The second-order valence-corrected chi connectivity index (χ2v) is 2.53. The molecule has 0 aliphatic heterocycles. The fourth-order valence-electron chi connectivity index (χ4n) is 1.06. The molecular weight excluding hydrogens is 174 g/mol. The van der Waals surface area contributed by atoms with Crippen LogP contribution in [0.25, 0.3) is 0 Å². The van der Waals surface area contributed by atoms with Crippen molar-refractivity contribution < 1.29 is 13.5 Å². The first-order valence-electron chi connectivity index (χ1n) is 4.04. The third-order valence-corrected chi connectivity index (χ3v) is 1.70. The van der Waals surface area contributed by atoms with Gasteiger partial charge < -0.3 is 4.74 Å². The van der Waals surface area contributed by atoms with Gasteiger partial charge in [-0.25, -0.2) is 0 Å². The Bertz CT molecular complexity index is 261. The van der Waals surface area contributed by atoms with Crippen molar-refractivity contribution in [2.45, 2.75) is 26.6 Å². The largest absolute Gasteiger partial charge is 0.345 e. The van der Waals surface area contributed by atoms with Crippen molar-refractivity contribution in [1.29, 1.82) is 0 Å². The van der Waals surface area contributed by atoms with E-state index in [1.54, 1.807) is 12.1 Å². The quantitative estimate of drug-likeness (QED) is 0.698. The lowest BCUT2D eigenvalue weighted by atomic mass is 10.1. The summed E-state index contributed by atoms with van der Waals surface area (Å²) in [5.41, 5.74) is 1.63. The van der Waals surface area contributed by atoms with Crippen molar-refractivity contribution in [2.75, 3.05) is 0 Å². The fraction of sp³-hybridized carbons (Fsp3) is 0.400. The third kappa shape index (κ3) is 3.00. The van der Waals surface area contributed by atoms with Crippen LogP contribution in [-0.4, -0.2) is 6.61 Å². The van der Waals surface area contributed by atoms with Crippen LogP contribution in [0.2, 0.25) is 0 Å². The molecule has 0 bridgehead atoms. The van der Waals surface area contributed by atoms with Gasteiger partial charge in [-0.2, -0.15) is 8.78 Å². The Balaban J connectivity index is 2.64. The Hall–Kier alpha value is -1.14. The van der Waals surface area contributed by atoms with E-state index in [4.69, 9.17) is 0 Å². The van der Waals surface area contributed by atoms with Gasteiger partial charge in [-0.3, -0.25) is 0 Å². The highest BCUT2D eigenvalue weighted by atomic mass is 19.3. The lowest BCUT2D eigenvalue weighted by molar-refractivity contribution is -0.137. The van der Waals surface area contributed by atoms with Crippen LogP contribution in [0.3, 0.4) is 0 Å². The molecule has 0 radical (unpaired) electrons. The van der Waals surface area contributed by atoms with E-state index in [1.807, 2.05) is 6.92 Å². The number of hydrogen-bond donors (Lipinski definition) is 0. The average molecular weight is 184 g/mol. The minimum atomic E-state index is -2.71. The van der Waals surface area contributed by atoms with Gasteiger partial charge in [-0.1, -0.05) is 19.1 Å². The van der Waals surface area contributed by atoms with Crippen LogP contribution in [-0.2, 0) is 17.8 Å². The van der Waals surface area contributed by atoms with Gasteiger partial charge in [-0.15, -0.1) is 0 Å². The Kier molecular flexibility index (Phi) is 3.66. The van der Waals surface area contributed by atoms with Crippen molar-refractivity contribution in [3.63, 3.8) is 0 Å². The first-order valence-corrected chi connectivity index (χ1v) is 4.04. The summed E-state index contributed by atoms with van der Waals surface area (Å²) >= 11 is 0. The topological polar surface area (TPSA) is 9.23 Å². The van der Waals surface area contributed by atoms with E-state index in [0.29, 0.717) is 0 Å². The lowest BCUT2D eigenvalue weighted by Gasteiger charge is -2.04. The maximum absolute atomic E-state index is 11.7. The van der Waals surface area contributed by atoms with Crippen LogP contribution in [0.1, 0.15) is 18.1 Å². The summed E-state index contributed by atoms with van der Waals surface area (Å²) in [7, 11) is 0. The Morgan fingerprint density at radius 3 is 2.92 bits per heavy atom. The molecule has 0 saturated carbocycles. The van der Waals surface area contributed by atoms with E-state index in [9.17, 15) is 8.78 Å². The van der Waals surface area contributed by atoms with Crippen LogP contribution >= 0.6 is 0 Å². The first kappa shape index (κ1) is 9.94. The van der Waals surface area contributed by atoms with Gasteiger partial charge in [0.05, 0.1) is 6.61 Å². The smallest absolute Gasteiger partial charge is 0.318 e. The lowest BCUT2D eigenvalue weighted by Crippen LogP contribution is -2.01. The number of halogens is 2. The van der Waals surface area contributed by atoms with E-state index in [1.165, 1.54) is 0 Å². The average Bonchev–Trinajstić information content (AvgIpc) is 2.15. The summed E-state index contributed by atoms with van der Waals surface area (Å²) in [6, 6.07) is 8.99. The molecule has 0 heterocycles. The molecular formula is C10H10F2O. The molecule has 0 unspecified atom stereocenters. The highest BCUT2D eigenvalue weighted by Crippen LogP contribution is 2.09. The molecule has 0 aliphatic carbocycles. The molecule has 0 amide bonds. The summed E-state index contributed by atoms with van der Waals surface area (Å²) in [4.78, 5) is 0. The Morgan fingerprint density at radius 1 is 1.54 bits per heavy atom. The minimum absolute atomic E-state index is 0.0635. The van der Waals surface area contributed by atoms with Gasteiger partial charge in [0.2, 0.25) is 0 Å². The predicted molar refractivity (Wildman–Crippen MR) is 44.3 cm³/mol. The second kappa shape index (κ2) is 4.78. The van der Waals surface area contributed by atoms with Gasteiger partial charge in [0.15, 0.2) is 0 Å². The van der Waals surface area contributed by atoms with Crippen molar-refractivity contribution in [3.05, 3.63) is 35.4 Å². The standard InChI is InChI=1S/C10H10F2O/c1-2-8-5-3-4-6-9(8)7-13-10(11)12/h4,6,10H,2,7H2,1H3. The van der Waals surface area contributed by atoms with Crippen molar-refractivity contribution >= 4 is 0 Å². The zero-order valence-corrected chi connectivity index (χ0v) is 7.31. The summed E-state index contributed by atoms with van der Waals surface area (Å²) in [6.07, 6.45) is 0.749. The van der Waals surface area contributed by atoms with Crippen LogP contribution in [0.4, 0.5) is 8.78 Å². The van der Waals surface area contributed by atoms with E-state index in [0.717, 1.165) is 17.5 Å². The molecule has 1 rings (SSSR count). The number of ether oxygens (including phenoxy) is 1. The van der Waals surface area contributed by atoms with Gasteiger partial charge >= 0.3 is 6.61 Å². The zero-order chi connectivity index (χ0) is 9.68. The monoisotopic (exact) mass is 184 g/mol. The fourth-order valence-corrected chi connectivity index (χ4v) is 1.06. The SMILES string of the molecule is CCc1c#cccc1COC(F)F. The first-order chi connectivity index (χ1) is 6.24. The summed E-state index contributed by atoms with van der Waals surface area (Å²) in [6.45, 7) is -0.841. The number of hydrogen-bond acceptors (Lipinski definition) is 1. The van der Waals surface area contributed by atoms with Crippen molar-refractivity contribution in [2.24, 2.45) is 0 Å². The van der Waals surface area contributed by atoms with Gasteiger partial charge in [0.25, 0.3) is 0 Å². The Labute approximate surface area is 76.3 Å². The minimum Gasteiger partial charge on any atom is -0.318 e. The van der Waals surface area contributed by atoms with E-state index < -0.39 is 6.61 Å². The zero-order valence-electron chi connectivity index (χ0n) is 7.31. The van der Waals surface area contributed by atoms with Crippen LogP contribution in [0.5, 0.6) is 0 Å². The van der Waals surface area contributed by atoms with Crippen molar-refractivity contribution in [3.8, 4) is 0 Å². The second-order valence-electron chi connectivity index (χ2n) is 2.53. The highest BCUT2D eigenvalue weighted by molar-refractivity contribution is 5.21. The molecule has 1 aromatic rings. The molecule has 3 heteroatoms. The van der Waals surface area contributed by atoms with E-state index >= 15 is 0 Å². The van der Waals surface area contributed by atoms with Gasteiger partial charge in [-0.05, 0) is 24.1 Å². The molecule has 1 nitrogen and oxygen atoms in total. The summed E-state index contributed by atoms with van der Waals surface area (Å²) in [5, 5.41) is 0. The normalized spacial score (nSPS) is 10.2. The molecule has 0 aromatic heterocycles. The van der Waals surface area contributed by atoms with Crippen LogP contribution < -0.4 is 0 Å². The molecule has 70 valence electrons. The van der Waals surface area contributed by atoms with Crippen LogP contribution in [0, 0.1) is 12.1 Å². The molecule has 0 aliphatic rings.